The van der Waals surface area contributed by atoms with Crippen molar-refractivity contribution in [2.75, 3.05) is 101 Å². The summed E-state index contributed by atoms with van der Waals surface area (Å²) in [4.78, 5) is 14.6. The van der Waals surface area contributed by atoms with E-state index in [0.29, 0.717) is 10.6 Å². The predicted octanol–water partition coefficient (Wildman–Crippen LogP) is 9.41. The number of allylic oxidation sites excluding steroid dienone is 2. The standard InChI is InChI=1S/C4H8.C4H6.2C3H7N.C3H6O.C3H6S.C3H8.C2H6N2O.C2H6N2.C2H7N.C2H6O2S.C2H6OS.C2H6O.C2H6S/c3*1-3-4-2;3*1-3(2)4;1-3-2;1-3-4(2)5;1-3-4-2;1-3-2;1-5(2,3)4;1-4(2)3;2*1-3-2/h3-4H,1-2H3;1-2H3;3H,1-2H3;4H,1-2H3;2*1-2H3;3H2,1-2H3;1-2H3;1-2H3;3H,1-2H3;1-2H3;1-2H3;2*1-2H3/b4-3-;;;;;;;;;;;;;. The monoisotopic (exact) mass is 858 g/mol. The summed E-state index contributed by atoms with van der Waals surface area (Å²) in [6.07, 6.45) is 16.7. The maximum Gasteiger partial charge on any atom is 0.171 e. The molecule has 0 aliphatic rings. The molecule has 0 amide bonds. The van der Waals surface area contributed by atoms with E-state index in [0.717, 1.165) is 17.4 Å². The van der Waals surface area contributed by atoms with Gasteiger partial charge in [-0.15, -0.1) is 16.7 Å². The first-order chi connectivity index (χ1) is 24.5. The van der Waals surface area contributed by atoms with Crippen molar-refractivity contribution in [3.63, 3.8) is 0 Å². The zero-order valence-electron chi connectivity index (χ0n) is 40.3. The van der Waals surface area contributed by atoms with Gasteiger partial charge in [-0.1, -0.05) is 44.6 Å². The van der Waals surface area contributed by atoms with E-state index in [-0.39, 0.29) is 5.78 Å². The van der Waals surface area contributed by atoms with Crippen molar-refractivity contribution in [1.82, 2.24) is 5.32 Å². The van der Waals surface area contributed by atoms with E-state index in [9.17, 15) is 22.6 Å². The molecule has 54 heavy (non-hydrogen) atoms. The van der Waals surface area contributed by atoms with Crippen molar-refractivity contribution in [3.05, 3.63) is 17.4 Å². The molecule has 0 bridgehead atoms. The quantitative estimate of drug-likeness (QED) is 0.0455. The highest BCUT2D eigenvalue weighted by Gasteiger charge is 1.79. The van der Waals surface area contributed by atoms with Crippen LogP contribution in [0.5, 0.6) is 0 Å². The Kier molecular flexibility index (Phi) is 216. The fraction of sp³-hybridized carbons (Fsp3) is 0.784. The molecule has 334 valence electrons. The molecule has 0 heterocycles. The lowest BCUT2D eigenvalue weighted by atomic mass is 10.5. The number of ether oxygens (including phenoxy) is 1. The fourth-order valence-corrected chi connectivity index (χ4v) is 0. The number of thiocarbonyl (C=S) groups is 1. The van der Waals surface area contributed by atoms with Gasteiger partial charge in [-0.2, -0.15) is 22.0 Å². The molecule has 0 saturated heterocycles. The molecule has 17 heteroatoms. The number of Topliss-reactive ketones (excluding diaryl/α,β-unsaturated/α-hetero) is 1. The van der Waals surface area contributed by atoms with Crippen LogP contribution in [-0.4, -0.2) is 141 Å². The van der Waals surface area contributed by atoms with Gasteiger partial charge in [0.1, 0.15) is 15.6 Å². The number of methoxy groups -OCH3 is 1. The average Bonchev–Trinajstić information content (AvgIpc) is 3.01. The van der Waals surface area contributed by atoms with Crippen LogP contribution in [0.3, 0.4) is 0 Å². The molecule has 0 saturated carbocycles. The van der Waals surface area contributed by atoms with Crippen LogP contribution in [-0.2, 0) is 30.2 Å². The molecule has 0 aromatic carbocycles. The number of carbonyl (C=O) groups excluding carboxylic acids is 1. The SMILES string of the molecule is C/C=C\C.CC#CC.CC(C)=N.CC(C)=O.CC(C)=S.CC=NC.CCC.CN=NC.CN=[N+](C)[O-].CNC.COC.CS(C)(=O)=O.CS(C)=O.CSC. The van der Waals surface area contributed by atoms with Gasteiger partial charge in [0.25, 0.3) is 0 Å². The molecule has 0 aromatic rings. The summed E-state index contributed by atoms with van der Waals surface area (Å²) in [6.45, 7) is 24.1. The minimum atomic E-state index is -2.67. The highest BCUT2D eigenvalue weighted by atomic mass is 32.2. The molecular weight excluding hydrogens is 767 g/mol. The van der Waals surface area contributed by atoms with E-state index in [1.165, 1.54) is 34.4 Å². The number of thioether (sulfide) groups is 1. The van der Waals surface area contributed by atoms with Gasteiger partial charge in [-0.3, -0.25) is 4.21 Å². The highest BCUT2D eigenvalue weighted by Crippen LogP contribution is 1.70. The zero-order chi connectivity index (χ0) is 47.6. The molecule has 0 fully saturated rings. The van der Waals surface area contributed by atoms with E-state index < -0.39 is 20.6 Å². The largest absolute Gasteiger partial charge is 0.600 e. The number of ketones is 1. The van der Waals surface area contributed by atoms with Crippen molar-refractivity contribution in [2.24, 2.45) is 20.3 Å². The van der Waals surface area contributed by atoms with Gasteiger partial charge < -0.3 is 30.5 Å². The molecule has 0 rings (SSSR count). The number of carbonyl (C=O) groups is 1. The third-order valence-corrected chi connectivity index (χ3v) is 1.32. The summed E-state index contributed by atoms with van der Waals surface area (Å²) in [7, 11) is 11.5. The van der Waals surface area contributed by atoms with E-state index in [1.807, 2.05) is 87.2 Å². The van der Waals surface area contributed by atoms with Crippen molar-refractivity contribution < 1.29 is 27.0 Å². The lowest BCUT2D eigenvalue weighted by Gasteiger charge is -1.82. The molecule has 0 aliphatic heterocycles. The highest BCUT2D eigenvalue weighted by molar-refractivity contribution is 7.97. The first-order valence-electron chi connectivity index (χ1n) is 16.2. The molecule has 0 unspecified atom stereocenters. The number of aliphatic imine (C=N–C) groups is 1. The summed E-state index contributed by atoms with van der Waals surface area (Å²) in [6, 6.07) is 0. The third kappa shape index (κ3) is 8330. The fourth-order valence-electron chi connectivity index (χ4n) is 0. The van der Waals surface area contributed by atoms with Crippen molar-refractivity contribution in [2.45, 2.75) is 96.4 Å². The molecule has 0 aromatic heterocycles. The molecule has 0 radical (unpaired) electrons. The third-order valence-electron chi connectivity index (χ3n) is 1.32. The zero-order valence-corrected chi connectivity index (χ0v) is 43.5. The lowest BCUT2D eigenvalue weighted by molar-refractivity contribution is -0.497. The second-order valence-electron chi connectivity index (χ2n) is 9.47. The van der Waals surface area contributed by atoms with Crippen LogP contribution in [0.1, 0.15) is 96.4 Å². The molecule has 0 aliphatic carbocycles. The number of nitrogens with zero attached hydrogens (tertiary/aromatic N) is 5. The number of hydrogen-bond acceptors (Lipinski definition) is 14. The van der Waals surface area contributed by atoms with E-state index in [2.05, 4.69) is 68.3 Å². The maximum absolute atomic E-state index is 9.63. The lowest BCUT2D eigenvalue weighted by Crippen LogP contribution is -1.89. The van der Waals surface area contributed by atoms with E-state index in [4.69, 9.17) is 5.41 Å². The average molecular weight is 858 g/mol. The Labute approximate surface area is 350 Å². The minimum Gasteiger partial charge on any atom is -0.600 e. The van der Waals surface area contributed by atoms with Crippen LogP contribution in [0.25, 0.3) is 0 Å². The van der Waals surface area contributed by atoms with Crippen LogP contribution in [0.15, 0.2) is 32.5 Å². The van der Waals surface area contributed by atoms with Gasteiger partial charge in [-0.05, 0) is 119 Å². The van der Waals surface area contributed by atoms with E-state index >= 15 is 0 Å². The summed E-state index contributed by atoms with van der Waals surface area (Å²) in [5, 5.41) is 28.7. The molecule has 2 N–H and O–H groups in total. The number of sulfone groups is 1. The number of rotatable bonds is 0. The maximum atomic E-state index is 9.63. The Morgan fingerprint density at radius 1 is 0.907 bits per heavy atom. The second-order valence-corrected chi connectivity index (χ2v) is 14.9. The predicted molar refractivity (Wildman–Crippen MR) is 258 cm³/mol. The number of hydrogen-bond donors (Lipinski definition) is 2. The molecule has 0 atom stereocenters. The molecule has 13 nitrogen and oxygen atoms in total. The van der Waals surface area contributed by atoms with Crippen LogP contribution in [0.4, 0.5) is 0 Å². The topological polar surface area (TPSA) is 189 Å². The van der Waals surface area contributed by atoms with Crippen molar-refractivity contribution in [3.8, 4) is 11.8 Å². The number of hydroxylamine groups is 1. The first-order valence-corrected chi connectivity index (χ1v) is 22.5. The van der Waals surface area contributed by atoms with Gasteiger partial charge in [0.05, 0.1) is 7.05 Å². The summed E-state index contributed by atoms with van der Waals surface area (Å²) in [5.41, 5.74) is 0.667. The van der Waals surface area contributed by atoms with E-state index in [1.54, 1.807) is 79.7 Å². The Bertz CT molecular complexity index is 809. The smallest absolute Gasteiger partial charge is 0.171 e. The van der Waals surface area contributed by atoms with Crippen LogP contribution in [0, 0.1) is 22.5 Å². The Hall–Kier alpha value is -2.23. The molecule has 0 spiro atoms. The van der Waals surface area contributed by atoms with Crippen molar-refractivity contribution in [1.29, 1.82) is 5.41 Å². The summed E-state index contributed by atoms with van der Waals surface area (Å²) in [5.74, 6) is 5.53. The van der Waals surface area contributed by atoms with Crippen LogP contribution < -0.4 is 5.32 Å². The van der Waals surface area contributed by atoms with Crippen molar-refractivity contribution >= 4 is 67.2 Å². The first kappa shape index (κ1) is 93.5. The minimum absolute atomic E-state index is 0.167. The van der Waals surface area contributed by atoms with Crippen LogP contribution in [0.2, 0.25) is 0 Å². The van der Waals surface area contributed by atoms with Gasteiger partial charge in [0.15, 0.2) is 7.05 Å². The summed E-state index contributed by atoms with van der Waals surface area (Å²) >= 11 is 6.29. The summed E-state index contributed by atoms with van der Waals surface area (Å²) < 4.78 is 33.1. The van der Waals surface area contributed by atoms with Gasteiger partial charge in [-0.25, -0.2) is 8.42 Å². The van der Waals surface area contributed by atoms with Gasteiger partial charge in [0, 0.05) is 76.9 Å². The number of azo groups is 2. The van der Waals surface area contributed by atoms with Gasteiger partial charge in [0.2, 0.25) is 0 Å². The second kappa shape index (κ2) is 125. The Morgan fingerprint density at radius 3 is 1.00 bits per heavy atom. The normalized spacial score (nSPS) is 7.98. The Balaban J connectivity index is -0.0000000267. The number of nitrogens with one attached hydrogen (secondary N) is 2. The molecular formula is C37H91N7O6S4. The van der Waals surface area contributed by atoms with Crippen LogP contribution >= 0.6 is 24.0 Å². The Morgan fingerprint density at radius 2 is 1.00 bits per heavy atom. The van der Waals surface area contributed by atoms with Gasteiger partial charge >= 0.3 is 0 Å².